The lowest BCUT2D eigenvalue weighted by atomic mass is 9.88. The minimum absolute atomic E-state index is 0. The van der Waals surface area contributed by atoms with E-state index < -0.39 is 0 Å². The maximum absolute atomic E-state index is 4.93. The molecule has 0 radical (unpaired) electrons. The van der Waals surface area contributed by atoms with Crippen molar-refractivity contribution in [3.05, 3.63) is 22.4 Å². The van der Waals surface area contributed by atoms with Crippen molar-refractivity contribution in [3.8, 4) is 0 Å². The van der Waals surface area contributed by atoms with Gasteiger partial charge in [-0.15, -0.1) is 35.3 Å². The minimum Gasteiger partial charge on any atom is -0.357 e. The molecule has 0 bridgehead atoms. The van der Waals surface area contributed by atoms with Crippen LogP contribution in [0.2, 0.25) is 0 Å². The monoisotopic (exact) mass is 519 g/mol. The van der Waals surface area contributed by atoms with Gasteiger partial charge >= 0.3 is 0 Å². The number of likely N-dealkylation sites (N-methyl/N-ethyl adjacent to an activating group) is 1. The molecule has 160 valence electrons. The molecule has 1 aromatic rings. The molecule has 1 saturated carbocycles. The Morgan fingerprint density at radius 2 is 2.11 bits per heavy atom. The van der Waals surface area contributed by atoms with Crippen LogP contribution < -0.4 is 10.6 Å². The highest BCUT2D eigenvalue weighted by molar-refractivity contribution is 14.0. The van der Waals surface area contributed by atoms with E-state index in [4.69, 9.17) is 4.99 Å². The van der Waals surface area contributed by atoms with Crippen molar-refractivity contribution in [1.29, 1.82) is 0 Å². The van der Waals surface area contributed by atoms with Gasteiger partial charge in [-0.25, -0.2) is 0 Å². The Labute approximate surface area is 192 Å². The first-order valence-corrected chi connectivity index (χ1v) is 11.4. The molecule has 3 atom stereocenters. The molecule has 2 heterocycles. The normalized spacial score (nSPS) is 24.7. The summed E-state index contributed by atoms with van der Waals surface area (Å²) < 4.78 is 0. The maximum Gasteiger partial charge on any atom is 0.191 e. The van der Waals surface area contributed by atoms with Gasteiger partial charge in [-0.2, -0.15) is 0 Å². The topological polar surface area (TPSA) is 42.9 Å². The van der Waals surface area contributed by atoms with Gasteiger partial charge in [0.1, 0.15) is 0 Å². The standard InChI is InChI=1S/C21H37N5S.HI/c1-5-22-21(24-15-18(25(2)3)16-10-11-16)23-14-17-8-6-12-26(4)20(17)19-9-7-13-27-19;/h7,9,13,16-18,20H,5-6,8,10-12,14-15H2,1-4H3,(H2,22,23,24);1H. The van der Waals surface area contributed by atoms with E-state index in [1.54, 1.807) is 0 Å². The lowest BCUT2D eigenvalue weighted by molar-refractivity contribution is 0.125. The van der Waals surface area contributed by atoms with Gasteiger partial charge in [-0.1, -0.05) is 6.07 Å². The fourth-order valence-electron chi connectivity index (χ4n) is 4.35. The first kappa shape index (κ1) is 23.9. The molecule has 1 saturated heterocycles. The zero-order valence-electron chi connectivity index (χ0n) is 17.9. The first-order chi connectivity index (χ1) is 13.1. The van der Waals surface area contributed by atoms with Crippen LogP contribution in [0.1, 0.15) is 43.5 Å². The second kappa shape index (κ2) is 11.7. The number of thiophene rings is 1. The van der Waals surface area contributed by atoms with Crippen LogP contribution >= 0.6 is 35.3 Å². The second-order valence-electron chi connectivity index (χ2n) is 8.31. The van der Waals surface area contributed by atoms with E-state index in [-0.39, 0.29) is 24.0 Å². The fraction of sp³-hybridized carbons (Fsp3) is 0.762. The summed E-state index contributed by atoms with van der Waals surface area (Å²) in [5, 5.41) is 9.30. The number of likely N-dealkylation sites (tertiary alicyclic amines) is 1. The summed E-state index contributed by atoms with van der Waals surface area (Å²) in [5.41, 5.74) is 0. The van der Waals surface area contributed by atoms with Crippen molar-refractivity contribution in [1.82, 2.24) is 20.4 Å². The SMILES string of the molecule is CCNC(=NCC(C1CC1)N(C)C)NCC1CCCN(C)C1c1cccs1.I. The van der Waals surface area contributed by atoms with E-state index in [0.29, 0.717) is 18.0 Å². The van der Waals surface area contributed by atoms with Gasteiger partial charge in [0.2, 0.25) is 0 Å². The van der Waals surface area contributed by atoms with Gasteiger partial charge in [0, 0.05) is 30.1 Å². The van der Waals surface area contributed by atoms with Gasteiger partial charge in [-0.05, 0) is 83.6 Å². The summed E-state index contributed by atoms with van der Waals surface area (Å²) in [6.07, 6.45) is 5.28. The first-order valence-electron chi connectivity index (χ1n) is 10.5. The number of rotatable bonds is 8. The van der Waals surface area contributed by atoms with Crippen molar-refractivity contribution >= 4 is 41.3 Å². The van der Waals surface area contributed by atoms with Gasteiger partial charge in [-0.3, -0.25) is 9.89 Å². The smallest absolute Gasteiger partial charge is 0.191 e. The number of aliphatic imine (C=N–C) groups is 1. The van der Waals surface area contributed by atoms with E-state index in [2.05, 4.69) is 66.0 Å². The zero-order valence-corrected chi connectivity index (χ0v) is 21.0. The third kappa shape index (κ3) is 6.57. The quantitative estimate of drug-likeness (QED) is 0.313. The summed E-state index contributed by atoms with van der Waals surface area (Å²) in [7, 11) is 6.64. The molecule has 28 heavy (non-hydrogen) atoms. The Morgan fingerprint density at radius 1 is 1.32 bits per heavy atom. The number of halogens is 1. The van der Waals surface area contributed by atoms with Crippen LogP contribution in [-0.2, 0) is 0 Å². The van der Waals surface area contributed by atoms with Crippen LogP contribution in [0.4, 0.5) is 0 Å². The lowest BCUT2D eigenvalue weighted by Crippen LogP contribution is -2.45. The predicted molar refractivity (Wildman–Crippen MR) is 132 cm³/mol. The highest BCUT2D eigenvalue weighted by atomic mass is 127. The average Bonchev–Trinajstić information content (AvgIpc) is 3.33. The molecule has 1 aromatic heterocycles. The highest BCUT2D eigenvalue weighted by Gasteiger charge is 2.33. The largest absolute Gasteiger partial charge is 0.357 e. The third-order valence-corrected chi connectivity index (χ3v) is 6.93. The number of hydrogen-bond acceptors (Lipinski definition) is 4. The molecule has 1 aliphatic heterocycles. The average molecular weight is 520 g/mol. The highest BCUT2D eigenvalue weighted by Crippen LogP contribution is 2.37. The summed E-state index contributed by atoms with van der Waals surface area (Å²) in [6.45, 7) is 6.10. The Kier molecular flexibility index (Phi) is 10.00. The van der Waals surface area contributed by atoms with Crippen molar-refractivity contribution in [2.45, 2.75) is 44.7 Å². The molecular weight excluding hydrogens is 481 g/mol. The van der Waals surface area contributed by atoms with Gasteiger partial charge in [0.15, 0.2) is 5.96 Å². The molecule has 5 nitrogen and oxygen atoms in total. The van der Waals surface area contributed by atoms with E-state index in [0.717, 1.165) is 31.5 Å². The number of nitrogens with one attached hydrogen (secondary N) is 2. The Morgan fingerprint density at radius 3 is 2.71 bits per heavy atom. The molecule has 0 aromatic carbocycles. The van der Waals surface area contributed by atoms with Crippen molar-refractivity contribution in [2.75, 3.05) is 47.3 Å². The molecule has 0 spiro atoms. The van der Waals surface area contributed by atoms with Gasteiger partial charge < -0.3 is 15.5 Å². The lowest BCUT2D eigenvalue weighted by Gasteiger charge is -2.39. The van der Waals surface area contributed by atoms with Crippen LogP contribution in [0, 0.1) is 11.8 Å². The summed E-state index contributed by atoms with van der Waals surface area (Å²) in [6, 6.07) is 5.56. The second-order valence-corrected chi connectivity index (χ2v) is 9.29. The summed E-state index contributed by atoms with van der Waals surface area (Å²) in [5.74, 6) is 2.43. The van der Waals surface area contributed by atoms with Crippen LogP contribution in [-0.4, -0.2) is 69.1 Å². The molecule has 2 fully saturated rings. The molecule has 2 aliphatic rings. The maximum atomic E-state index is 4.93. The van der Waals surface area contributed by atoms with Crippen LogP contribution in [0.15, 0.2) is 22.5 Å². The molecule has 0 amide bonds. The van der Waals surface area contributed by atoms with Crippen LogP contribution in [0.3, 0.4) is 0 Å². The minimum atomic E-state index is 0. The molecule has 1 aliphatic carbocycles. The van der Waals surface area contributed by atoms with E-state index in [1.165, 1.54) is 37.1 Å². The molecule has 2 N–H and O–H groups in total. The van der Waals surface area contributed by atoms with Crippen LogP contribution in [0.25, 0.3) is 0 Å². The van der Waals surface area contributed by atoms with E-state index in [1.807, 2.05) is 11.3 Å². The number of nitrogens with zero attached hydrogens (tertiary/aromatic N) is 3. The van der Waals surface area contributed by atoms with E-state index >= 15 is 0 Å². The Balaban J connectivity index is 0.00000280. The third-order valence-electron chi connectivity index (χ3n) is 5.98. The number of piperidine rings is 1. The summed E-state index contributed by atoms with van der Waals surface area (Å²) in [4.78, 5) is 11.3. The Hall–Kier alpha value is -0.380. The van der Waals surface area contributed by atoms with Crippen molar-refractivity contribution in [3.63, 3.8) is 0 Å². The predicted octanol–water partition coefficient (Wildman–Crippen LogP) is 3.64. The van der Waals surface area contributed by atoms with E-state index in [9.17, 15) is 0 Å². The Bertz CT molecular complexity index is 586. The number of guanidine groups is 1. The van der Waals surface area contributed by atoms with Gasteiger partial charge in [0.25, 0.3) is 0 Å². The fourth-order valence-corrected chi connectivity index (χ4v) is 5.34. The van der Waals surface area contributed by atoms with Crippen molar-refractivity contribution in [2.24, 2.45) is 16.8 Å². The molecule has 3 rings (SSSR count). The number of hydrogen-bond donors (Lipinski definition) is 2. The molecule has 7 heteroatoms. The van der Waals surface area contributed by atoms with Crippen molar-refractivity contribution < 1.29 is 0 Å². The molecule has 3 unspecified atom stereocenters. The zero-order chi connectivity index (χ0) is 19.2. The van der Waals surface area contributed by atoms with Crippen LogP contribution in [0.5, 0.6) is 0 Å². The summed E-state index contributed by atoms with van der Waals surface area (Å²) >= 11 is 1.89. The van der Waals surface area contributed by atoms with Gasteiger partial charge in [0.05, 0.1) is 6.54 Å². The molecular formula is C21H38IN5S.